The average molecular weight is 826 g/mol. The minimum Gasteiger partial charge on any atom is -0.391 e. The SMILES string of the molecule is Cc1ncsc1-c1ccc(C(C)NC(=O)C2CC(O)CN2C(=O)C(NC(=O)CCOCCOCCNC(=O)CCc2ccc3c(c2)[nH]c2ccncc23)C(C)(C)C)cc1. The molecule has 314 valence electrons. The van der Waals surface area contributed by atoms with Crippen LogP contribution in [0.15, 0.2) is 66.4 Å². The third-order valence-corrected chi connectivity index (χ3v) is 11.6. The van der Waals surface area contributed by atoms with Crippen molar-refractivity contribution in [2.75, 3.05) is 39.5 Å². The largest absolute Gasteiger partial charge is 0.391 e. The number of aromatic nitrogens is 3. The number of H-pyrrole nitrogens is 1. The quantitative estimate of drug-likeness (QED) is 0.0759. The van der Waals surface area contributed by atoms with Gasteiger partial charge in [-0.3, -0.25) is 24.2 Å². The van der Waals surface area contributed by atoms with Crippen LogP contribution in [0.2, 0.25) is 0 Å². The van der Waals surface area contributed by atoms with Gasteiger partial charge in [-0.15, -0.1) is 11.3 Å². The van der Waals surface area contributed by atoms with Gasteiger partial charge < -0.3 is 40.4 Å². The summed E-state index contributed by atoms with van der Waals surface area (Å²) >= 11 is 1.57. The lowest BCUT2D eigenvalue weighted by atomic mass is 9.85. The molecule has 0 aliphatic carbocycles. The Kier molecular flexibility index (Phi) is 14.5. The van der Waals surface area contributed by atoms with Crippen LogP contribution < -0.4 is 16.0 Å². The summed E-state index contributed by atoms with van der Waals surface area (Å²) in [6.07, 6.45) is 3.84. The summed E-state index contributed by atoms with van der Waals surface area (Å²) < 4.78 is 11.2. The van der Waals surface area contributed by atoms with Crippen molar-refractivity contribution in [3.05, 3.63) is 83.3 Å². The fourth-order valence-corrected chi connectivity index (χ4v) is 8.10. The van der Waals surface area contributed by atoms with Gasteiger partial charge in [0, 0.05) is 66.6 Å². The molecule has 6 rings (SSSR count). The number of aliphatic hydroxyl groups excluding tert-OH is 1. The van der Waals surface area contributed by atoms with E-state index in [-0.39, 0.29) is 63.0 Å². The number of hydrogen-bond donors (Lipinski definition) is 5. The molecule has 0 bridgehead atoms. The minimum atomic E-state index is -0.935. The maximum atomic E-state index is 14.0. The Morgan fingerprint density at radius 2 is 1.71 bits per heavy atom. The number of rotatable bonds is 18. The maximum Gasteiger partial charge on any atom is 0.246 e. The molecule has 0 radical (unpaired) electrons. The van der Waals surface area contributed by atoms with E-state index in [4.69, 9.17) is 9.47 Å². The molecule has 4 atom stereocenters. The van der Waals surface area contributed by atoms with Gasteiger partial charge in [0.15, 0.2) is 0 Å². The van der Waals surface area contributed by atoms with Gasteiger partial charge in [-0.25, -0.2) is 4.98 Å². The molecule has 5 N–H and O–H groups in total. The van der Waals surface area contributed by atoms with Gasteiger partial charge in [-0.05, 0) is 54.5 Å². The number of aliphatic hydroxyl groups is 1. The number of thiazole rings is 1. The van der Waals surface area contributed by atoms with E-state index in [1.807, 2.05) is 82.7 Å². The van der Waals surface area contributed by atoms with Crippen molar-refractivity contribution in [1.82, 2.24) is 35.8 Å². The lowest BCUT2D eigenvalue weighted by molar-refractivity contribution is -0.144. The monoisotopic (exact) mass is 825 g/mol. The van der Waals surface area contributed by atoms with Crippen molar-refractivity contribution in [2.24, 2.45) is 5.41 Å². The molecule has 59 heavy (non-hydrogen) atoms. The number of hydrogen-bond acceptors (Lipinski definition) is 10. The van der Waals surface area contributed by atoms with Gasteiger partial charge in [-0.1, -0.05) is 57.2 Å². The number of aromatic amines is 1. The molecule has 5 aromatic rings. The Morgan fingerprint density at radius 1 is 0.949 bits per heavy atom. The first-order valence-electron chi connectivity index (χ1n) is 20.1. The highest BCUT2D eigenvalue weighted by Crippen LogP contribution is 2.30. The first-order chi connectivity index (χ1) is 28.3. The molecule has 2 aromatic carbocycles. The first kappa shape index (κ1) is 43.4. The molecule has 1 aliphatic heterocycles. The second-order valence-electron chi connectivity index (χ2n) is 16.1. The van der Waals surface area contributed by atoms with Crippen LogP contribution >= 0.6 is 11.3 Å². The van der Waals surface area contributed by atoms with E-state index in [0.29, 0.717) is 26.0 Å². The van der Waals surface area contributed by atoms with E-state index < -0.39 is 29.5 Å². The summed E-state index contributed by atoms with van der Waals surface area (Å²) in [5.74, 6) is -1.22. The van der Waals surface area contributed by atoms with Gasteiger partial charge in [0.2, 0.25) is 23.6 Å². The third-order valence-electron chi connectivity index (χ3n) is 10.6. The van der Waals surface area contributed by atoms with Crippen LogP contribution in [0.4, 0.5) is 0 Å². The van der Waals surface area contributed by atoms with Crippen LogP contribution in [0.25, 0.3) is 32.2 Å². The second-order valence-corrected chi connectivity index (χ2v) is 17.0. The summed E-state index contributed by atoms with van der Waals surface area (Å²) in [5.41, 5.74) is 7.18. The zero-order valence-corrected chi connectivity index (χ0v) is 35.2. The second kappa shape index (κ2) is 19.7. The molecule has 14 nitrogen and oxygen atoms in total. The van der Waals surface area contributed by atoms with E-state index >= 15 is 0 Å². The molecular formula is C44H55N7O7S. The molecule has 15 heteroatoms. The smallest absolute Gasteiger partial charge is 0.246 e. The highest BCUT2D eigenvalue weighted by molar-refractivity contribution is 7.13. The highest BCUT2D eigenvalue weighted by Gasteiger charge is 2.44. The van der Waals surface area contributed by atoms with Gasteiger partial charge in [-0.2, -0.15) is 0 Å². The number of ether oxygens (including phenoxy) is 2. The zero-order valence-electron chi connectivity index (χ0n) is 34.4. The predicted octanol–water partition coefficient (Wildman–Crippen LogP) is 4.99. The van der Waals surface area contributed by atoms with Crippen LogP contribution in [-0.2, 0) is 35.1 Å². The topological polar surface area (TPSA) is 188 Å². The maximum absolute atomic E-state index is 14.0. The van der Waals surface area contributed by atoms with Crippen LogP contribution in [0.1, 0.15) is 69.8 Å². The molecule has 0 saturated carbocycles. The van der Waals surface area contributed by atoms with E-state index in [9.17, 15) is 24.3 Å². The van der Waals surface area contributed by atoms with E-state index in [2.05, 4.69) is 43.0 Å². The normalized spacial score (nSPS) is 16.6. The number of aryl methyl sites for hydroxylation is 2. The minimum absolute atomic E-state index is 0.00904. The molecule has 1 fully saturated rings. The molecule has 1 aliphatic rings. The molecule has 4 heterocycles. The predicted molar refractivity (Wildman–Crippen MR) is 228 cm³/mol. The zero-order chi connectivity index (χ0) is 42.1. The van der Waals surface area contributed by atoms with Crippen molar-refractivity contribution in [2.45, 2.75) is 84.5 Å². The fraction of sp³-hybridized carbons (Fsp3) is 0.455. The molecule has 3 aromatic heterocycles. The Hall–Kier alpha value is -5.22. The number of carbonyl (C=O) groups excluding carboxylic acids is 4. The van der Waals surface area contributed by atoms with E-state index in [0.717, 1.165) is 49.1 Å². The summed E-state index contributed by atoms with van der Waals surface area (Å²) in [4.78, 5) is 67.4. The van der Waals surface area contributed by atoms with Crippen LogP contribution in [0.5, 0.6) is 0 Å². The van der Waals surface area contributed by atoms with Gasteiger partial charge >= 0.3 is 0 Å². The number of pyridine rings is 1. The Morgan fingerprint density at radius 3 is 2.44 bits per heavy atom. The van der Waals surface area contributed by atoms with Gasteiger partial charge in [0.1, 0.15) is 12.1 Å². The highest BCUT2D eigenvalue weighted by atomic mass is 32.1. The Bertz CT molecular complexity index is 2230. The summed E-state index contributed by atoms with van der Waals surface area (Å²) in [6.45, 7) is 10.7. The standard InChI is InChI=1S/C44H55N7O7S/c1-27(30-8-10-31(11-9-30)40-28(2)47-26-59-40)48-42(55)37-23-32(52)25-51(37)43(56)41(44(3,4)5)50-39(54)15-18-57-20-21-58-19-17-46-38(53)13-7-29-6-12-33-34-24-45-16-14-35(34)49-36(33)22-29/h6,8-12,14,16,22,24,26-27,32,37,41,49,52H,7,13,15,17-21,23,25H2,1-5H3,(H,46,53)(H,48,55)(H,50,54). The van der Waals surface area contributed by atoms with E-state index in [1.165, 1.54) is 4.90 Å². The van der Waals surface area contributed by atoms with Gasteiger partial charge in [0.25, 0.3) is 0 Å². The fourth-order valence-electron chi connectivity index (χ4n) is 7.29. The number of fused-ring (bicyclic) bond motifs is 3. The van der Waals surface area contributed by atoms with Crippen molar-refractivity contribution in [1.29, 1.82) is 0 Å². The summed E-state index contributed by atoms with van der Waals surface area (Å²) in [7, 11) is 0. The number of nitrogens with one attached hydrogen (secondary N) is 4. The molecular weight excluding hydrogens is 771 g/mol. The summed E-state index contributed by atoms with van der Waals surface area (Å²) in [6, 6.07) is 13.9. The number of amides is 4. The van der Waals surface area contributed by atoms with Crippen LogP contribution in [0, 0.1) is 12.3 Å². The number of carbonyl (C=O) groups is 4. The molecule has 4 amide bonds. The van der Waals surface area contributed by atoms with E-state index in [1.54, 1.807) is 17.5 Å². The Balaban J connectivity index is 0.872. The first-order valence-corrected chi connectivity index (χ1v) is 21.0. The molecule has 0 spiro atoms. The summed E-state index contributed by atoms with van der Waals surface area (Å²) in [5, 5.41) is 21.5. The molecule has 1 saturated heterocycles. The van der Waals surface area contributed by atoms with Crippen LogP contribution in [-0.4, -0.2) is 106 Å². The van der Waals surface area contributed by atoms with Crippen molar-refractivity contribution in [3.8, 4) is 10.4 Å². The number of nitrogens with zero attached hydrogens (tertiary/aromatic N) is 3. The number of β-amino-alcohol motifs (C(OH)–C–C–N with tert-alkyl or cyclic N) is 1. The van der Waals surface area contributed by atoms with Crippen molar-refractivity contribution in [3.63, 3.8) is 0 Å². The van der Waals surface area contributed by atoms with Crippen molar-refractivity contribution < 1.29 is 33.8 Å². The molecule has 4 unspecified atom stereocenters. The lowest BCUT2D eigenvalue weighted by Crippen LogP contribution is -2.58. The Labute approximate surface area is 348 Å². The lowest BCUT2D eigenvalue weighted by Gasteiger charge is -2.35. The van der Waals surface area contributed by atoms with Crippen LogP contribution in [0.3, 0.4) is 0 Å². The number of likely N-dealkylation sites (tertiary alicyclic amines) is 1. The van der Waals surface area contributed by atoms with Gasteiger partial charge in [0.05, 0.1) is 54.7 Å². The number of benzene rings is 2. The van der Waals surface area contributed by atoms with Crippen molar-refractivity contribution >= 4 is 56.8 Å². The third kappa shape index (κ3) is 11.3. The average Bonchev–Trinajstić information content (AvgIpc) is 3.93.